The maximum atomic E-state index is 9.08. The van der Waals surface area contributed by atoms with E-state index in [1.165, 1.54) is 0 Å². The highest BCUT2D eigenvalue weighted by Crippen LogP contribution is 2.13. The highest BCUT2D eigenvalue weighted by atomic mass is 32.2. The van der Waals surface area contributed by atoms with Gasteiger partial charge in [0.1, 0.15) is 13.7 Å². The lowest BCUT2D eigenvalue weighted by atomic mass is 10.6. The molecule has 1 rings (SSSR count). The second kappa shape index (κ2) is 5.36. The van der Waals surface area contributed by atoms with Crippen molar-refractivity contribution in [1.29, 1.82) is 0 Å². The quantitative estimate of drug-likeness (QED) is 0.515. The SMILES string of the molecule is CCO[N+]1(C)C=CN=C1C.CS(=O)(=O)[O-]. The molecule has 0 aromatic carbocycles. The zero-order chi connectivity index (χ0) is 12.1. The summed E-state index contributed by atoms with van der Waals surface area (Å²) in [7, 11) is -1.95. The Morgan fingerprint density at radius 2 is 2.07 bits per heavy atom. The van der Waals surface area contributed by atoms with Crippen LogP contribution in [0.25, 0.3) is 0 Å². The van der Waals surface area contributed by atoms with Crippen LogP contribution in [0.15, 0.2) is 17.4 Å². The third-order valence-electron chi connectivity index (χ3n) is 1.65. The van der Waals surface area contributed by atoms with Gasteiger partial charge in [0, 0.05) is 13.2 Å². The van der Waals surface area contributed by atoms with E-state index in [4.69, 9.17) is 17.8 Å². The van der Waals surface area contributed by atoms with Crippen LogP contribution < -0.4 is 0 Å². The first kappa shape index (κ1) is 14.2. The number of aliphatic imine (C=N–C) groups is 1. The van der Waals surface area contributed by atoms with Crippen LogP contribution in [0.5, 0.6) is 0 Å². The van der Waals surface area contributed by atoms with Gasteiger partial charge in [0.2, 0.25) is 5.84 Å². The van der Waals surface area contributed by atoms with E-state index < -0.39 is 10.1 Å². The molecule has 1 aliphatic rings. The number of amidine groups is 1. The molecule has 0 fully saturated rings. The van der Waals surface area contributed by atoms with Crippen LogP contribution in [0, 0.1) is 0 Å². The Morgan fingerprint density at radius 1 is 1.60 bits per heavy atom. The third-order valence-corrected chi connectivity index (χ3v) is 1.65. The van der Waals surface area contributed by atoms with Crippen molar-refractivity contribution in [1.82, 2.24) is 0 Å². The Bertz CT molecular complexity index is 353. The van der Waals surface area contributed by atoms with Gasteiger partial charge in [-0.2, -0.15) is 4.84 Å². The van der Waals surface area contributed by atoms with Crippen LogP contribution in [-0.2, 0) is 15.0 Å². The fraction of sp³-hybridized carbons (Fsp3) is 0.625. The zero-order valence-electron chi connectivity index (χ0n) is 9.30. The molecule has 0 aliphatic carbocycles. The van der Waals surface area contributed by atoms with Gasteiger partial charge in [0.25, 0.3) is 0 Å². The Morgan fingerprint density at radius 3 is 2.33 bits per heavy atom. The molecule has 0 saturated heterocycles. The Labute approximate surface area is 90.2 Å². The molecule has 0 aromatic rings. The van der Waals surface area contributed by atoms with E-state index in [2.05, 4.69) is 4.99 Å². The van der Waals surface area contributed by atoms with Gasteiger partial charge < -0.3 is 4.55 Å². The summed E-state index contributed by atoms with van der Waals surface area (Å²) >= 11 is 0. The van der Waals surface area contributed by atoms with E-state index in [0.29, 0.717) is 17.5 Å². The summed E-state index contributed by atoms with van der Waals surface area (Å²) in [5.41, 5.74) is 0. The summed E-state index contributed by atoms with van der Waals surface area (Å²) in [6, 6.07) is 0. The molecule has 88 valence electrons. The first-order valence-electron chi connectivity index (χ1n) is 4.33. The van der Waals surface area contributed by atoms with Crippen molar-refractivity contribution in [2.75, 3.05) is 19.9 Å². The minimum absolute atomic E-state index is 0.399. The monoisotopic (exact) mass is 236 g/mol. The maximum Gasteiger partial charge on any atom is 0.237 e. The average molecular weight is 236 g/mol. The van der Waals surface area contributed by atoms with E-state index in [0.717, 1.165) is 5.84 Å². The molecule has 0 radical (unpaired) electrons. The van der Waals surface area contributed by atoms with Crippen molar-refractivity contribution >= 4 is 16.0 Å². The van der Waals surface area contributed by atoms with E-state index in [-0.39, 0.29) is 0 Å². The molecule has 0 N–H and O–H groups in total. The fourth-order valence-corrected chi connectivity index (χ4v) is 0.896. The van der Waals surface area contributed by atoms with Crippen molar-refractivity contribution < 1.29 is 22.5 Å². The maximum absolute atomic E-state index is 9.08. The molecule has 0 saturated carbocycles. The lowest BCUT2D eigenvalue weighted by molar-refractivity contribution is -0.977. The molecule has 6 nitrogen and oxygen atoms in total. The molecule has 0 bridgehead atoms. The summed E-state index contributed by atoms with van der Waals surface area (Å²) in [4.78, 5) is 9.51. The van der Waals surface area contributed by atoms with Crippen molar-refractivity contribution in [3.8, 4) is 0 Å². The second-order valence-electron chi connectivity index (χ2n) is 3.09. The lowest BCUT2D eigenvalue weighted by Gasteiger charge is -2.21. The average Bonchev–Trinajstić information content (AvgIpc) is 2.29. The smallest absolute Gasteiger partial charge is 0.237 e. The van der Waals surface area contributed by atoms with Gasteiger partial charge in [-0.25, -0.2) is 13.4 Å². The topological polar surface area (TPSA) is 78.8 Å². The van der Waals surface area contributed by atoms with Crippen LogP contribution >= 0.6 is 0 Å². The normalized spacial score (nSPS) is 24.5. The molecule has 1 heterocycles. The molecule has 1 unspecified atom stereocenters. The zero-order valence-corrected chi connectivity index (χ0v) is 10.1. The predicted octanol–water partition coefficient (Wildman–Crippen LogP) is 0.449. The Kier molecular flexibility index (Phi) is 5.09. The first-order chi connectivity index (χ1) is 6.69. The summed E-state index contributed by atoms with van der Waals surface area (Å²) in [6.07, 6.45) is 4.29. The lowest BCUT2D eigenvalue weighted by Crippen LogP contribution is -2.40. The number of rotatable bonds is 2. The van der Waals surface area contributed by atoms with Crippen molar-refractivity contribution in [2.24, 2.45) is 4.99 Å². The number of nitrogens with zero attached hydrogens (tertiary/aromatic N) is 2. The van der Waals surface area contributed by atoms with E-state index in [1.807, 2.05) is 27.1 Å². The van der Waals surface area contributed by atoms with Crippen LogP contribution in [0.1, 0.15) is 13.8 Å². The highest BCUT2D eigenvalue weighted by molar-refractivity contribution is 7.84. The minimum atomic E-state index is -3.92. The van der Waals surface area contributed by atoms with Gasteiger partial charge in [0.05, 0.1) is 16.3 Å². The van der Waals surface area contributed by atoms with Gasteiger partial charge >= 0.3 is 0 Å². The third kappa shape index (κ3) is 6.34. The minimum Gasteiger partial charge on any atom is -0.748 e. The molecule has 1 aliphatic heterocycles. The van der Waals surface area contributed by atoms with Crippen LogP contribution in [0.3, 0.4) is 0 Å². The van der Waals surface area contributed by atoms with Gasteiger partial charge in [-0.05, 0) is 6.92 Å². The van der Waals surface area contributed by atoms with Crippen LogP contribution in [0.4, 0.5) is 0 Å². The van der Waals surface area contributed by atoms with E-state index >= 15 is 0 Å². The Balaban J connectivity index is 0.000000336. The molecule has 7 heteroatoms. The summed E-state index contributed by atoms with van der Waals surface area (Å²) in [5.74, 6) is 0.974. The van der Waals surface area contributed by atoms with E-state index in [9.17, 15) is 0 Å². The molecule has 15 heavy (non-hydrogen) atoms. The standard InChI is InChI=1S/C7H13N2O.CH4O3S/c1-4-10-9(3)6-5-8-7(9)2;1-5(2,3)4/h5-6H,4H2,1-3H3;1H3,(H,2,3,4)/q+1;/p-1. The van der Waals surface area contributed by atoms with Crippen LogP contribution in [-0.4, -0.2) is 43.4 Å². The van der Waals surface area contributed by atoms with Crippen molar-refractivity contribution in [3.63, 3.8) is 0 Å². The molecule has 0 spiro atoms. The molecule has 0 aromatic heterocycles. The molecule has 0 amide bonds. The van der Waals surface area contributed by atoms with E-state index in [1.54, 1.807) is 6.20 Å². The number of quaternary nitrogens is 1. The summed E-state index contributed by atoms with van der Waals surface area (Å²) < 4.78 is 27.6. The van der Waals surface area contributed by atoms with Gasteiger partial charge in [-0.1, -0.05) is 0 Å². The van der Waals surface area contributed by atoms with Gasteiger partial charge in [-0.15, -0.1) is 4.65 Å². The predicted molar refractivity (Wildman–Crippen MR) is 55.7 cm³/mol. The number of hydrogen-bond acceptors (Lipinski definition) is 5. The molecule has 1 atom stereocenters. The summed E-state index contributed by atoms with van der Waals surface area (Å²) in [6.45, 7) is 4.63. The van der Waals surface area contributed by atoms with Crippen molar-refractivity contribution in [3.05, 3.63) is 12.4 Å². The summed E-state index contributed by atoms with van der Waals surface area (Å²) in [5, 5.41) is 0. The highest BCUT2D eigenvalue weighted by Gasteiger charge is 2.28. The first-order valence-corrected chi connectivity index (χ1v) is 6.15. The molecular formula is C8H16N2O4S. The van der Waals surface area contributed by atoms with Crippen LogP contribution in [0.2, 0.25) is 0 Å². The fourth-order valence-electron chi connectivity index (χ4n) is 0.896. The number of hydroxylamine groups is 3. The largest absolute Gasteiger partial charge is 0.748 e. The van der Waals surface area contributed by atoms with Gasteiger partial charge in [-0.3, -0.25) is 0 Å². The number of hydrogen-bond donors (Lipinski definition) is 0. The Hall–Kier alpha value is -0.760. The van der Waals surface area contributed by atoms with Crippen molar-refractivity contribution in [2.45, 2.75) is 13.8 Å². The molecular weight excluding hydrogens is 220 g/mol. The second-order valence-corrected chi connectivity index (χ2v) is 4.49. The van der Waals surface area contributed by atoms with Gasteiger partial charge in [0.15, 0.2) is 6.20 Å².